The molecule has 0 radical (unpaired) electrons. The maximum absolute atomic E-state index is 10.2. The van der Waals surface area contributed by atoms with Crippen LogP contribution in [0.3, 0.4) is 0 Å². The molecule has 156 valence electrons. The van der Waals surface area contributed by atoms with Gasteiger partial charge in [0.2, 0.25) is 0 Å². The molecule has 0 amide bonds. The zero-order chi connectivity index (χ0) is 21.4. The molecule has 0 saturated heterocycles. The lowest BCUT2D eigenvalue weighted by Crippen LogP contribution is -2.05. The number of aldehydes is 1. The fourth-order valence-electron chi connectivity index (χ4n) is 1.87. The Kier molecular flexibility index (Phi) is 14.5. The Morgan fingerprint density at radius 3 is 1.57 bits per heavy atom. The van der Waals surface area contributed by atoms with Gasteiger partial charge in [-0.3, -0.25) is 4.79 Å². The van der Waals surface area contributed by atoms with Crippen LogP contribution in [0.1, 0.15) is 34.7 Å². The van der Waals surface area contributed by atoms with Crippen molar-refractivity contribution >= 4 is 6.29 Å². The number of carbonyl (C=O) groups excluding carboxylic acids is 1. The van der Waals surface area contributed by atoms with Crippen LogP contribution in [0.25, 0.3) is 0 Å². The molecule has 2 rings (SSSR count). The normalized spacial score (nSPS) is 9.89. The molecule has 0 aromatic heterocycles. The largest absolute Gasteiger partial charge is 0.497 e. The first kappa shape index (κ1) is 25.8. The minimum Gasteiger partial charge on any atom is -0.497 e. The van der Waals surface area contributed by atoms with Crippen molar-refractivity contribution in [3.8, 4) is 5.75 Å². The highest BCUT2D eigenvalue weighted by Crippen LogP contribution is 2.17. The molecule has 0 heterocycles. The molecule has 0 aliphatic rings. The van der Waals surface area contributed by atoms with Crippen LogP contribution >= 0.6 is 0 Å². The van der Waals surface area contributed by atoms with Crippen LogP contribution in [0.15, 0.2) is 48.5 Å². The molecule has 2 aromatic rings. The van der Waals surface area contributed by atoms with E-state index in [9.17, 15) is 4.79 Å². The highest BCUT2D eigenvalue weighted by Gasteiger charge is 2.06. The van der Waals surface area contributed by atoms with Crippen molar-refractivity contribution in [2.75, 3.05) is 35.5 Å². The van der Waals surface area contributed by atoms with Crippen LogP contribution in [-0.2, 0) is 18.9 Å². The van der Waals surface area contributed by atoms with Gasteiger partial charge in [0.25, 0.3) is 0 Å². The summed E-state index contributed by atoms with van der Waals surface area (Å²) < 4.78 is 24.5. The highest BCUT2D eigenvalue weighted by molar-refractivity contribution is 5.74. The summed E-state index contributed by atoms with van der Waals surface area (Å²) in [4.78, 5) is 10.2. The first-order valence-electron chi connectivity index (χ1n) is 8.72. The van der Waals surface area contributed by atoms with E-state index in [0.29, 0.717) is 5.56 Å². The van der Waals surface area contributed by atoms with Gasteiger partial charge in [0.1, 0.15) is 12.0 Å². The number of hydrogen-bond donors (Lipinski definition) is 0. The highest BCUT2D eigenvalue weighted by atomic mass is 16.7. The Labute approximate surface area is 168 Å². The lowest BCUT2D eigenvalue weighted by molar-refractivity contribution is -0.106. The predicted octanol–water partition coefficient (Wildman–Crippen LogP) is 4.42. The molecule has 0 unspecified atom stereocenters. The molecule has 2 aromatic carbocycles. The minimum atomic E-state index is -0.245. The van der Waals surface area contributed by atoms with Crippen molar-refractivity contribution in [3.63, 3.8) is 0 Å². The molecular formula is C22H32O6. The van der Waals surface area contributed by atoms with Gasteiger partial charge in [0, 0.05) is 39.6 Å². The summed E-state index contributed by atoms with van der Waals surface area (Å²) in [5, 5.41) is 0. The van der Waals surface area contributed by atoms with Crippen LogP contribution < -0.4 is 4.74 Å². The monoisotopic (exact) mass is 392 g/mol. The van der Waals surface area contributed by atoms with Crippen LogP contribution in [-0.4, -0.2) is 48.1 Å². The second-order valence-corrected chi connectivity index (χ2v) is 5.64. The van der Waals surface area contributed by atoms with E-state index >= 15 is 0 Å². The smallest absolute Gasteiger partial charge is 0.183 e. The molecule has 0 fully saturated rings. The van der Waals surface area contributed by atoms with Crippen molar-refractivity contribution in [1.82, 2.24) is 0 Å². The zero-order valence-electron chi connectivity index (χ0n) is 17.8. The Morgan fingerprint density at radius 2 is 1.25 bits per heavy atom. The SMILES string of the molecule is COC(C)OC.COC(OC)c1ccc(C)cc1.COc1ccc(C=O)cc1. The molecule has 0 atom stereocenters. The Hall–Kier alpha value is -2.25. The van der Waals surface area contributed by atoms with E-state index in [1.165, 1.54) is 5.56 Å². The van der Waals surface area contributed by atoms with Crippen LogP contribution in [0.2, 0.25) is 0 Å². The predicted molar refractivity (Wildman–Crippen MR) is 110 cm³/mol. The van der Waals surface area contributed by atoms with Crippen LogP contribution in [0.5, 0.6) is 5.75 Å². The first-order chi connectivity index (χ1) is 13.4. The lowest BCUT2D eigenvalue weighted by Gasteiger charge is -2.13. The average molecular weight is 392 g/mol. The Balaban J connectivity index is 0.000000414. The topological polar surface area (TPSA) is 63.2 Å². The van der Waals surface area contributed by atoms with Crippen LogP contribution in [0.4, 0.5) is 0 Å². The quantitative estimate of drug-likeness (QED) is 0.513. The van der Waals surface area contributed by atoms with Gasteiger partial charge < -0.3 is 23.7 Å². The van der Waals surface area contributed by atoms with Gasteiger partial charge in [-0.1, -0.05) is 29.8 Å². The first-order valence-corrected chi connectivity index (χ1v) is 8.72. The maximum Gasteiger partial charge on any atom is 0.183 e. The van der Waals surface area contributed by atoms with E-state index in [-0.39, 0.29) is 12.6 Å². The molecule has 0 saturated carbocycles. The van der Waals surface area contributed by atoms with Crippen molar-refractivity contribution in [3.05, 3.63) is 65.2 Å². The molecular weight excluding hydrogens is 360 g/mol. The molecule has 6 nitrogen and oxygen atoms in total. The molecule has 0 spiro atoms. The second kappa shape index (κ2) is 15.8. The van der Waals surface area contributed by atoms with E-state index in [1.807, 2.05) is 31.2 Å². The average Bonchev–Trinajstić information content (AvgIpc) is 2.76. The van der Waals surface area contributed by atoms with Crippen molar-refractivity contribution in [2.24, 2.45) is 0 Å². The number of hydrogen-bond acceptors (Lipinski definition) is 6. The molecule has 0 bridgehead atoms. The summed E-state index contributed by atoms with van der Waals surface area (Å²) in [6.07, 6.45) is 0.495. The van der Waals surface area contributed by atoms with Crippen molar-refractivity contribution < 1.29 is 28.5 Å². The van der Waals surface area contributed by atoms with Crippen LogP contribution in [0, 0.1) is 6.92 Å². The third kappa shape index (κ3) is 10.8. The van der Waals surface area contributed by atoms with E-state index in [0.717, 1.165) is 17.6 Å². The second-order valence-electron chi connectivity index (χ2n) is 5.64. The summed E-state index contributed by atoms with van der Waals surface area (Å²) in [6.45, 7) is 3.89. The molecule has 0 aliphatic heterocycles. The summed E-state index contributed by atoms with van der Waals surface area (Å²) in [7, 11) is 8.07. The van der Waals surface area contributed by atoms with Gasteiger partial charge in [-0.2, -0.15) is 0 Å². The Bertz CT molecular complexity index is 616. The number of benzene rings is 2. The molecule has 0 N–H and O–H groups in total. The molecule has 6 heteroatoms. The molecule has 28 heavy (non-hydrogen) atoms. The maximum atomic E-state index is 10.2. The minimum absolute atomic E-state index is 0.0648. The number of ether oxygens (including phenoxy) is 5. The summed E-state index contributed by atoms with van der Waals surface area (Å²) in [5.74, 6) is 0.769. The van der Waals surface area contributed by atoms with Gasteiger partial charge in [-0.15, -0.1) is 0 Å². The van der Waals surface area contributed by atoms with E-state index in [2.05, 4.69) is 16.4 Å². The zero-order valence-corrected chi connectivity index (χ0v) is 17.8. The van der Waals surface area contributed by atoms with E-state index in [1.54, 1.807) is 59.8 Å². The summed E-state index contributed by atoms with van der Waals surface area (Å²) >= 11 is 0. The summed E-state index contributed by atoms with van der Waals surface area (Å²) in [5.41, 5.74) is 2.95. The third-order valence-electron chi connectivity index (χ3n) is 3.69. The number of carbonyl (C=O) groups is 1. The van der Waals surface area contributed by atoms with Crippen molar-refractivity contribution in [1.29, 1.82) is 0 Å². The van der Waals surface area contributed by atoms with Gasteiger partial charge in [0.05, 0.1) is 7.11 Å². The van der Waals surface area contributed by atoms with E-state index in [4.69, 9.17) is 14.2 Å². The summed E-state index contributed by atoms with van der Waals surface area (Å²) in [6, 6.07) is 15.0. The lowest BCUT2D eigenvalue weighted by atomic mass is 10.1. The fourth-order valence-corrected chi connectivity index (χ4v) is 1.87. The van der Waals surface area contributed by atoms with Gasteiger partial charge in [-0.25, -0.2) is 0 Å². The standard InChI is InChI=1S/C10H14O2.C8H8O2.C4H10O2/c1-8-4-6-9(7-5-8)10(11-2)12-3;1-10-8-4-2-7(6-9)3-5-8;1-4(5-2)6-3/h4-7,10H,1-3H3;2-6H,1H3;4H,1-3H3. The fraction of sp³-hybridized carbons (Fsp3) is 0.409. The third-order valence-corrected chi connectivity index (χ3v) is 3.69. The van der Waals surface area contributed by atoms with Gasteiger partial charge in [-0.05, 0) is 38.1 Å². The number of methoxy groups -OCH3 is 5. The van der Waals surface area contributed by atoms with E-state index < -0.39 is 0 Å². The van der Waals surface area contributed by atoms with Gasteiger partial charge in [0.15, 0.2) is 12.6 Å². The Morgan fingerprint density at radius 1 is 0.750 bits per heavy atom. The van der Waals surface area contributed by atoms with Gasteiger partial charge >= 0.3 is 0 Å². The van der Waals surface area contributed by atoms with Crippen molar-refractivity contribution in [2.45, 2.75) is 26.4 Å². The number of aryl methyl sites for hydroxylation is 1. The molecule has 0 aliphatic carbocycles. The number of rotatable bonds is 7.